The molecule has 4 heteroatoms. The molecule has 0 fully saturated rings. The van der Waals surface area contributed by atoms with Gasteiger partial charge in [-0.05, 0) is 25.1 Å². The van der Waals surface area contributed by atoms with Crippen LogP contribution in [0.3, 0.4) is 0 Å². The first-order valence-corrected chi connectivity index (χ1v) is 5.57. The molecule has 0 spiro atoms. The first-order valence-electron chi connectivity index (χ1n) is 5.19. The molecular formula is C11H18ClN3. The average Bonchev–Trinajstić information content (AvgIpc) is 2.18. The van der Waals surface area contributed by atoms with Crippen LogP contribution in [0, 0.1) is 0 Å². The number of nitrogens with one attached hydrogen (secondary N) is 1. The number of hydrogen-bond acceptors (Lipinski definition) is 3. The molecule has 1 N–H and O–H groups in total. The summed E-state index contributed by atoms with van der Waals surface area (Å²) in [5.74, 6) is 0.860. The molecule has 0 saturated carbocycles. The average molecular weight is 228 g/mol. The van der Waals surface area contributed by atoms with E-state index >= 15 is 0 Å². The van der Waals surface area contributed by atoms with Crippen molar-refractivity contribution in [3.05, 3.63) is 22.8 Å². The second kappa shape index (κ2) is 5.93. The molecule has 0 saturated heterocycles. The van der Waals surface area contributed by atoms with Gasteiger partial charge in [-0.2, -0.15) is 0 Å². The largest absolute Gasteiger partial charge is 0.358 e. The van der Waals surface area contributed by atoms with Gasteiger partial charge in [0.1, 0.15) is 5.82 Å². The SMILES string of the molecule is CCCN(C)c1ncc(CNC)cc1Cl. The van der Waals surface area contributed by atoms with Crippen LogP contribution in [-0.2, 0) is 6.54 Å². The van der Waals surface area contributed by atoms with Gasteiger partial charge in [0.15, 0.2) is 0 Å². The Bertz CT molecular complexity index is 315. The highest BCUT2D eigenvalue weighted by Gasteiger charge is 2.07. The van der Waals surface area contributed by atoms with Gasteiger partial charge in [-0.3, -0.25) is 0 Å². The van der Waals surface area contributed by atoms with E-state index in [9.17, 15) is 0 Å². The fourth-order valence-corrected chi connectivity index (χ4v) is 1.83. The molecule has 0 aromatic carbocycles. The van der Waals surface area contributed by atoms with E-state index < -0.39 is 0 Å². The molecular weight excluding hydrogens is 210 g/mol. The summed E-state index contributed by atoms with van der Waals surface area (Å²) in [5, 5.41) is 3.79. The fraction of sp³-hybridized carbons (Fsp3) is 0.545. The molecule has 0 aliphatic carbocycles. The molecule has 0 bridgehead atoms. The van der Waals surface area contributed by atoms with Crippen molar-refractivity contribution in [2.75, 3.05) is 25.5 Å². The van der Waals surface area contributed by atoms with Crippen LogP contribution >= 0.6 is 11.6 Å². The molecule has 15 heavy (non-hydrogen) atoms. The van der Waals surface area contributed by atoms with Crippen molar-refractivity contribution in [3.8, 4) is 0 Å². The number of aromatic nitrogens is 1. The zero-order valence-electron chi connectivity index (χ0n) is 9.55. The summed E-state index contributed by atoms with van der Waals surface area (Å²) in [6.45, 7) is 3.91. The molecule has 0 radical (unpaired) electrons. The predicted molar refractivity (Wildman–Crippen MR) is 65.6 cm³/mol. The van der Waals surface area contributed by atoms with Gasteiger partial charge in [0.05, 0.1) is 5.02 Å². The number of nitrogens with zero attached hydrogens (tertiary/aromatic N) is 2. The second-order valence-corrected chi connectivity index (χ2v) is 4.01. The minimum Gasteiger partial charge on any atom is -0.358 e. The van der Waals surface area contributed by atoms with Gasteiger partial charge >= 0.3 is 0 Å². The Morgan fingerprint density at radius 2 is 2.27 bits per heavy atom. The molecule has 0 atom stereocenters. The van der Waals surface area contributed by atoms with E-state index in [1.54, 1.807) is 0 Å². The van der Waals surface area contributed by atoms with Crippen LogP contribution in [-0.4, -0.2) is 25.6 Å². The van der Waals surface area contributed by atoms with Gasteiger partial charge in [0.2, 0.25) is 0 Å². The van der Waals surface area contributed by atoms with Crippen LogP contribution in [0.25, 0.3) is 0 Å². The zero-order chi connectivity index (χ0) is 11.3. The summed E-state index contributed by atoms with van der Waals surface area (Å²) in [6.07, 6.45) is 2.96. The Balaban J connectivity index is 2.82. The minimum absolute atomic E-state index is 0.721. The lowest BCUT2D eigenvalue weighted by Gasteiger charge is -2.18. The van der Waals surface area contributed by atoms with Crippen LogP contribution in [0.4, 0.5) is 5.82 Å². The van der Waals surface area contributed by atoms with E-state index in [0.29, 0.717) is 0 Å². The van der Waals surface area contributed by atoms with Crippen LogP contribution in [0.1, 0.15) is 18.9 Å². The van der Waals surface area contributed by atoms with E-state index in [-0.39, 0.29) is 0 Å². The third-order valence-electron chi connectivity index (χ3n) is 2.18. The summed E-state index contributed by atoms with van der Waals surface area (Å²) in [5.41, 5.74) is 1.11. The normalized spacial score (nSPS) is 10.4. The standard InChI is InChI=1S/C11H18ClN3/c1-4-5-15(3)11-10(12)6-9(7-13-2)8-14-11/h6,8,13H,4-5,7H2,1-3H3. The van der Waals surface area contributed by atoms with E-state index in [1.807, 2.05) is 26.4 Å². The number of rotatable bonds is 5. The van der Waals surface area contributed by atoms with Gasteiger partial charge in [-0.25, -0.2) is 4.98 Å². The summed E-state index contributed by atoms with van der Waals surface area (Å²) < 4.78 is 0. The lowest BCUT2D eigenvalue weighted by Crippen LogP contribution is -2.19. The number of anilines is 1. The topological polar surface area (TPSA) is 28.2 Å². The van der Waals surface area contributed by atoms with Crippen LogP contribution in [0.2, 0.25) is 5.02 Å². The first kappa shape index (κ1) is 12.3. The third kappa shape index (κ3) is 3.36. The number of halogens is 1. The molecule has 1 aromatic heterocycles. The van der Waals surface area contributed by atoms with Crippen molar-refractivity contribution >= 4 is 17.4 Å². The van der Waals surface area contributed by atoms with Gasteiger partial charge in [-0.15, -0.1) is 0 Å². The smallest absolute Gasteiger partial charge is 0.147 e. The Morgan fingerprint density at radius 1 is 1.53 bits per heavy atom. The van der Waals surface area contributed by atoms with E-state index in [4.69, 9.17) is 11.6 Å². The van der Waals surface area contributed by atoms with Crippen LogP contribution in [0.15, 0.2) is 12.3 Å². The Kier molecular flexibility index (Phi) is 4.85. The second-order valence-electron chi connectivity index (χ2n) is 3.60. The van der Waals surface area contributed by atoms with Crippen LogP contribution in [0.5, 0.6) is 0 Å². The highest BCUT2D eigenvalue weighted by atomic mass is 35.5. The predicted octanol–water partition coefficient (Wildman–Crippen LogP) is 2.30. The monoisotopic (exact) mass is 227 g/mol. The zero-order valence-corrected chi connectivity index (χ0v) is 10.3. The maximum absolute atomic E-state index is 6.16. The maximum atomic E-state index is 6.16. The highest BCUT2D eigenvalue weighted by molar-refractivity contribution is 6.33. The number of pyridine rings is 1. The van der Waals surface area contributed by atoms with Gasteiger partial charge in [0.25, 0.3) is 0 Å². The lowest BCUT2D eigenvalue weighted by molar-refractivity contribution is 0.806. The van der Waals surface area contributed by atoms with E-state index in [0.717, 1.165) is 35.9 Å². The lowest BCUT2D eigenvalue weighted by atomic mass is 10.2. The van der Waals surface area contributed by atoms with Crippen molar-refractivity contribution in [3.63, 3.8) is 0 Å². The summed E-state index contributed by atoms with van der Waals surface area (Å²) >= 11 is 6.16. The van der Waals surface area contributed by atoms with Crippen molar-refractivity contribution < 1.29 is 0 Å². The Morgan fingerprint density at radius 3 is 2.80 bits per heavy atom. The van der Waals surface area contributed by atoms with Crippen molar-refractivity contribution in [2.24, 2.45) is 0 Å². The summed E-state index contributed by atoms with van der Waals surface area (Å²) in [6, 6.07) is 1.96. The summed E-state index contributed by atoms with van der Waals surface area (Å²) in [7, 11) is 3.92. The molecule has 1 aromatic rings. The Hall–Kier alpha value is -0.800. The van der Waals surface area contributed by atoms with Gasteiger partial charge < -0.3 is 10.2 Å². The summed E-state index contributed by atoms with van der Waals surface area (Å²) in [4.78, 5) is 6.44. The molecule has 1 heterocycles. The van der Waals surface area contributed by atoms with E-state index in [2.05, 4.69) is 22.1 Å². The van der Waals surface area contributed by atoms with Crippen molar-refractivity contribution in [1.29, 1.82) is 0 Å². The van der Waals surface area contributed by atoms with Crippen molar-refractivity contribution in [1.82, 2.24) is 10.3 Å². The van der Waals surface area contributed by atoms with E-state index in [1.165, 1.54) is 0 Å². The molecule has 3 nitrogen and oxygen atoms in total. The van der Waals surface area contributed by atoms with Gasteiger partial charge in [0, 0.05) is 26.3 Å². The molecule has 0 unspecified atom stereocenters. The first-order chi connectivity index (χ1) is 7.19. The molecule has 0 amide bonds. The third-order valence-corrected chi connectivity index (χ3v) is 2.46. The van der Waals surface area contributed by atoms with Gasteiger partial charge in [-0.1, -0.05) is 18.5 Å². The number of hydrogen-bond donors (Lipinski definition) is 1. The Labute approximate surface area is 96.5 Å². The molecule has 0 aliphatic heterocycles. The fourth-order valence-electron chi connectivity index (χ4n) is 1.49. The quantitative estimate of drug-likeness (QED) is 0.837. The molecule has 0 aliphatic rings. The maximum Gasteiger partial charge on any atom is 0.147 e. The highest BCUT2D eigenvalue weighted by Crippen LogP contribution is 2.23. The molecule has 1 rings (SSSR count). The van der Waals surface area contributed by atoms with Crippen LogP contribution < -0.4 is 10.2 Å². The minimum atomic E-state index is 0.721. The molecule has 84 valence electrons. The van der Waals surface area contributed by atoms with Crippen molar-refractivity contribution in [2.45, 2.75) is 19.9 Å².